The minimum atomic E-state index is -2.83. The summed E-state index contributed by atoms with van der Waals surface area (Å²) in [6.07, 6.45) is -0.931. The molecule has 5 aliphatic rings. The Hall–Kier alpha value is -4.82. The van der Waals surface area contributed by atoms with Crippen LogP contribution in [0.5, 0.6) is 0 Å². The summed E-state index contributed by atoms with van der Waals surface area (Å²) in [5.74, 6) is -13.4. The van der Waals surface area contributed by atoms with Crippen molar-refractivity contribution >= 4 is 47.4 Å². The van der Waals surface area contributed by atoms with Crippen LogP contribution >= 0.6 is 0 Å². The Morgan fingerprint density at radius 3 is 2.17 bits per heavy atom. The number of fused-ring (bicyclic) bond motifs is 3. The molecule has 0 aromatic heterocycles. The van der Waals surface area contributed by atoms with Gasteiger partial charge in [0.05, 0.1) is 11.7 Å². The van der Waals surface area contributed by atoms with E-state index >= 15 is 4.79 Å². The summed E-state index contributed by atoms with van der Waals surface area (Å²) < 4.78 is 17.7. The average Bonchev–Trinajstić information content (AvgIpc) is 3.64. The van der Waals surface area contributed by atoms with Gasteiger partial charge in [-0.15, -0.1) is 0 Å². The number of hydrogen-bond acceptors (Lipinski definition) is 18. The molecule has 5 aliphatic heterocycles. The molecule has 5 fully saturated rings. The van der Waals surface area contributed by atoms with Crippen molar-refractivity contribution in [3.05, 3.63) is 12.2 Å². The van der Waals surface area contributed by atoms with Crippen molar-refractivity contribution in [3.8, 4) is 0 Å². The molecular formula is C48H78N8O16. The maximum Gasteiger partial charge on any atom is 0.334 e. The number of hydroxylamine groups is 4. The summed E-state index contributed by atoms with van der Waals surface area (Å²) in [5.41, 5.74) is -2.01. The minimum absolute atomic E-state index is 0.0207. The standard InChI is InChI=1S/C48H78N8O16/c1-12-33-30(23-26(2)3)17-18-48(67,72-33)47(11,66)45(64)50-35-37(28(6)7)71-44(63)36(27(4)5)56(69)42(61)38-46(10,65)19-22-52(38)39(58)31-15-13-20-49-54(31)34(57)24-53(68)40(59)32-16-14-21-51(55(32)41(35)60)25-70-43(62)29(8)9/h26-28,30-33,35-38,49,65-69H,8,12-25H2,1-7,9-11H3,(H,50,64). The summed E-state index contributed by atoms with van der Waals surface area (Å²) in [7, 11) is 0. The monoisotopic (exact) mass is 1020 g/mol. The van der Waals surface area contributed by atoms with E-state index in [1.165, 1.54) is 41.5 Å². The normalized spacial score (nSPS) is 32.9. The van der Waals surface area contributed by atoms with Gasteiger partial charge in [-0.2, -0.15) is 5.01 Å². The molecule has 24 heteroatoms. The van der Waals surface area contributed by atoms with E-state index < -0.39 is 132 Å². The molecule has 7 N–H and O–H groups in total. The first-order valence-electron chi connectivity index (χ1n) is 25.2. The fourth-order valence-electron chi connectivity index (χ4n) is 10.5. The van der Waals surface area contributed by atoms with E-state index in [0.29, 0.717) is 19.3 Å². The van der Waals surface area contributed by atoms with Gasteiger partial charge in [0, 0.05) is 31.6 Å². The first-order chi connectivity index (χ1) is 33.5. The van der Waals surface area contributed by atoms with Crippen molar-refractivity contribution in [1.29, 1.82) is 0 Å². The van der Waals surface area contributed by atoms with E-state index in [4.69, 9.17) is 14.2 Å². The van der Waals surface area contributed by atoms with E-state index in [-0.39, 0.29) is 79.3 Å². The molecule has 0 saturated carbocycles. The van der Waals surface area contributed by atoms with Gasteiger partial charge in [0.2, 0.25) is 11.7 Å². The number of esters is 2. The molecule has 0 bridgehead atoms. The molecule has 11 unspecified atom stereocenters. The number of hydrazine groups is 2. The number of amides is 6. The number of carbonyl (C=O) groups excluding carboxylic acids is 8. The largest absolute Gasteiger partial charge is 0.458 e. The summed E-state index contributed by atoms with van der Waals surface area (Å²) in [4.78, 5) is 117. The summed E-state index contributed by atoms with van der Waals surface area (Å²) in [5, 5.41) is 64.6. The Labute approximate surface area is 420 Å². The van der Waals surface area contributed by atoms with E-state index in [1.807, 2.05) is 20.8 Å². The summed E-state index contributed by atoms with van der Waals surface area (Å²) >= 11 is 0. The third-order valence-corrected chi connectivity index (χ3v) is 14.6. The fraction of sp³-hybridized carbons (Fsp3) is 0.792. The molecule has 0 spiro atoms. The van der Waals surface area contributed by atoms with Crippen molar-refractivity contribution in [2.24, 2.45) is 23.7 Å². The third-order valence-electron chi connectivity index (χ3n) is 14.6. The van der Waals surface area contributed by atoms with Gasteiger partial charge in [0.15, 0.2) is 18.4 Å². The molecule has 5 heterocycles. The highest BCUT2D eigenvalue weighted by Gasteiger charge is 2.59. The number of aliphatic hydroxyl groups is 3. The van der Waals surface area contributed by atoms with Crippen LogP contribution in [0.25, 0.3) is 0 Å². The fourth-order valence-corrected chi connectivity index (χ4v) is 10.5. The molecule has 24 nitrogen and oxygen atoms in total. The first-order valence-corrected chi connectivity index (χ1v) is 25.2. The van der Waals surface area contributed by atoms with Crippen LogP contribution in [-0.4, -0.2) is 195 Å². The SMILES string of the molecule is C=C(C)C(=O)OCN1CCCC2C(=O)N(O)CC(=O)N3NCCCC3C(=O)N3CCC(C)(O)C3C(=O)N(O)C(C(C)C)C(=O)OC(C(C)C)C(NC(=O)C(C)(O)C3(O)CCC(CC(C)C)C(CC)O3)C(=O)N21. The molecule has 5 saturated heterocycles. The predicted octanol–water partition coefficient (Wildman–Crippen LogP) is 0.336. The second kappa shape index (κ2) is 23.2. The number of nitrogens with zero attached hydrogens (tertiary/aromatic N) is 6. The van der Waals surface area contributed by atoms with Gasteiger partial charge in [-0.25, -0.2) is 25.1 Å². The molecule has 11 atom stereocenters. The zero-order valence-corrected chi connectivity index (χ0v) is 43.4. The van der Waals surface area contributed by atoms with Gasteiger partial charge in [0.25, 0.3) is 29.5 Å². The van der Waals surface area contributed by atoms with E-state index in [0.717, 1.165) is 33.3 Å². The second-order valence-electron chi connectivity index (χ2n) is 21.5. The topological polar surface area (TPSA) is 309 Å². The van der Waals surface area contributed by atoms with E-state index in [9.17, 15) is 59.3 Å². The molecule has 5 rings (SSSR count). The van der Waals surface area contributed by atoms with Crippen molar-refractivity contribution < 1.29 is 78.3 Å². The van der Waals surface area contributed by atoms with Gasteiger partial charge in [-0.05, 0) is 95.8 Å². The Morgan fingerprint density at radius 2 is 1.57 bits per heavy atom. The maximum absolute atomic E-state index is 15.7. The van der Waals surface area contributed by atoms with Crippen LogP contribution in [0.4, 0.5) is 0 Å². The predicted molar refractivity (Wildman–Crippen MR) is 251 cm³/mol. The minimum Gasteiger partial charge on any atom is -0.458 e. The molecule has 0 radical (unpaired) electrons. The highest BCUT2D eigenvalue weighted by molar-refractivity contribution is 5.97. The molecule has 6 amide bonds. The number of rotatable bonds is 11. The quantitative estimate of drug-likeness (QED) is 0.0834. The number of cyclic esters (lactones) is 1. The lowest BCUT2D eigenvalue weighted by Crippen LogP contribution is -2.71. The molecule has 0 aromatic rings. The summed E-state index contributed by atoms with van der Waals surface area (Å²) in [6.45, 7) is 17.1. The van der Waals surface area contributed by atoms with E-state index in [1.54, 1.807) is 0 Å². The molecule has 0 aromatic carbocycles. The Morgan fingerprint density at radius 1 is 0.917 bits per heavy atom. The van der Waals surface area contributed by atoms with Crippen molar-refractivity contribution in [1.82, 2.24) is 40.8 Å². The van der Waals surface area contributed by atoms with Gasteiger partial charge < -0.3 is 39.7 Å². The first kappa shape index (κ1) is 58.1. The zero-order chi connectivity index (χ0) is 53.9. The number of hydrogen-bond donors (Lipinski definition) is 7. The lowest BCUT2D eigenvalue weighted by Gasteiger charge is -2.48. The van der Waals surface area contributed by atoms with Crippen LogP contribution in [0.2, 0.25) is 0 Å². The van der Waals surface area contributed by atoms with Crippen LogP contribution in [0.15, 0.2) is 12.2 Å². The van der Waals surface area contributed by atoms with Crippen LogP contribution in [-0.2, 0) is 52.6 Å². The number of ether oxygens (including phenoxy) is 3. The highest BCUT2D eigenvalue weighted by atomic mass is 16.7. The molecule has 0 aliphatic carbocycles. The third kappa shape index (κ3) is 12.1. The average molecular weight is 1020 g/mol. The smallest absolute Gasteiger partial charge is 0.334 e. The van der Waals surface area contributed by atoms with Crippen LogP contribution in [0.3, 0.4) is 0 Å². The van der Waals surface area contributed by atoms with Gasteiger partial charge >= 0.3 is 11.9 Å². The van der Waals surface area contributed by atoms with Gasteiger partial charge in [-0.1, -0.05) is 55.0 Å². The molecular weight excluding hydrogens is 945 g/mol. The number of carbonyl (C=O) groups is 8. The van der Waals surface area contributed by atoms with E-state index in [2.05, 4.69) is 17.3 Å². The Bertz CT molecular complexity index is 2070. The Kier molecular flexibility index (Phi) is 18.7. The Balaban J connectivity index is 1.69. The van der Waals surface area contributed by atoms with Crippen LogP contribution < -0.4 is 10.7 Å². The highest BCUT2D eigenvalue weighted by Crippen LogP contribution is 2.42. The lowest BCUT2D eigenvalue weighted by atomic mass is 9.78. The lowest BCUT2D eigenvalue weighted by molar-refractivity contribution is -0.329. The van der Waals surface area contributed by atoms with Crippen molar-refractivity contribution in [2.45, 2.75) is 186 Å². The van der Waals surface area contributed by atoms with Gasteiger partial charge in [0.1, 0.15) is 36.8 Å². The van der Waals surface area contributed by atoms with Crippen molar-refractivity contribution in [3.63, 3.8) is 0 Å². The molecule has 406 valence electrons. The number of nitrogens with one attached hydrogen (secondary N) is 2. The van der Waals surface area contributed by atoms with Crippen molar-refractivity contribution in [2.75, 3.05) is 32.9 Å². The van der Waals surface area contributed by atoms with Crippen LogP contribution in [0, 0.1) is 23.7 Å². The summed E-state index contributed by atoms with van der Waals surface area (Å²) in [6, 6.07) is -8.90. The molecule has 72 heavy (non-hydrogen) atoms. The van der Waals surface area contributed by atoms with Gasteiger partial charge in [-0.3, -0.25) is 49.2 Å². The maximum atomic E-state index is 15.7. The second-order valence-corrected chi connectivity index (χ2v) is 21.5. The van der Waals surface area contributed by atoms with Crippen LogP contribution in [0.1, 0.15) is 127 Å². The zero-order valence-electron chi connectivity index (χ0n) is 43.4.